The van der Waals surface area contributed by atoms with Crippen LogP contribution in [0.5, 0.6) is 0 Å². The molecule has 0 aliphatic rings. The number of rotatable bonds is 5. The van der Waals surface area contributed by atoms with Crippen LogP contribution in [0.3, 0.4) is 0 Å². The summed E-state index contributed by atoms with van der Waals surface area (Å²) < 4.78 is 1.00. The van der Waals surface area contributed by atoms with E-state index in [0.717, 1.165) is 27.0 Å². The fraction of sp³-hybridized carbons (Fsp3) is 0.158. The highest BCUT2D eigenvalue weighted by Gasteiger charge is 2.16. The van der Waals surface area contributed by atoms with Crippen molar-refractivity contribution in [3.63, 3.8) is 0 Å². The lowest BCUT2D eigenvalue weighted by molar-refractivity contribution is -0.113. The van der Waals surface area contributed by atoms with Crippen molar-refractivity contribution in [1.82, 2.24) is 4.98 Å². The van der Waals surface area contributed by atoms with Crippen molar-refractivity contribution in [3.8, 4) is 0 Å². The number of thiazole rings is 1. The Hall–Kier alpha value is -3.06. The molecule has 26 heavy (non-hydrogen) atoms. The van der Waals surface area contributed by atoms with Gasteiger partial charge in [-0.3, -0.25) is 10.1 Å². The molecule has 0 fully saturated rings. The van der Waals surface area contributed by atoms with Crippen LogP contribution in [-0.2, 0) is 4.79 Å². The van der Waals surface area contributed by atoms with E-state index in [0.29, 0.717) is 10.8 Å². The predicted octanol–water partition coefficient (Wildman–Crippen LogP) is 5.23. The second-order valence-corrected chi connectivity index (χ2v) is 7.00. The molecule has 0 aliphatic heterocycles. The summed E-state index contributed by atoms with van der Waals surface area (Å²) in [6, 6.07) is 13.7. The van der Waals surface area contributed by atoms with E-state index in [9.17, 15) is 4.79 Å². The Morgan fingerprint density at radius 2 is 1.92 bits per heavy atom. The van der Waals surface area contributed by atoms with Crippen LogP contribution in [0.1, 0.15) is 18.1 Å². The number of anilines is 2. The van der Waals surface area contributed by atoms with Gasteiger partial charge in [0.1, 0.15) is 0 Å². The molecule has 7 heteroatoms. The highest BCUT2D eigenvalue weighted by Crippen LogP contribution is 2.27. The molecule has 132 valence electrons. The number of nitrogens with one attached hydrogen (secondary N) is 3. The smallest absolute Gasteiger partial charge is 0.279 e. The molecule has 1 aromatic heterocycles. The zero-order valence-corrected chi connectivity index (χ0v) is 15.6. The molecule has 3 aromatic rings. The van der Waals surface area contributed by atoms with E-state index in [1.54, 1.807) is 6.92 Å². The van der Waals surface area contributed by atoms with Crippen molar-refractivity contribution >= 4 is 38.3 Å². The van der Waals surface area contributed by atoms with Gasteiger partial charge < -0.3 is 5.32 Å². The van der Waals surface area contributed by atoms with Crippen molar-refractivity contribution in [2.75, 3.05) is 10.6 Å². The molecule has 0 radical (unpaired) electrons. The maximum atomic E-state index is 12.5. The first-order valence-corrected chi connectivity index (χ1v) is 8.89. The number of amides is 1. The Labute approximate surface area is 155 Å². The fourth-order valence-electron chi connectivity index (χ4n) is 2.52. The maximum absolute atomic E-state index is 12.5. The normalized spacial score (nSPS) is 11.8. The predicted molar refractivity (Wildman–Crippen MR) is 106 cm³/mol. The van der Waals surface area contributed by atoms with Gasteiger partial charge in [-0.2, -0.15) is 5.11 Å². The number of hydrogen-bond donors (Lipinski definition) is 3. The second-order valence-electron chi connectivity index (χ2n) is 5.97. The number of para-hydroxylation sites is 1. The number of benzene rings is 2. The van der Waals surface area contributed by atoms with E-state index in [4.69, 9.17) is 5.53 Å². The van der Waals surface area contributed by atoms with Gasteiger partial charge in [-0.1, -0.05) is 35.6 Å². The number of allylic oxidation sites excluding steroid dienone is 1. The van der Waals surface area contributed by atoms with Crippen LogP contribution in [0.15, 0.2) is 59.0 Å². The monoisotopic (exact) mass is 365 g/mol. The molecule has 3 N–H and O–H groups in total. The lowest BCUT2D eigenvalue weighted by Crippen LogP contribution is -2.16. The average molecular weight is 365 g/mol. The van der Waals surface area contributed by atoms with Crippen LogP contribution < -0.4 is 10.6 Å². The Morgan fingerprint density at radius 3 is 2.65 bits per heavy atom. The van der Waals surface area contributed by atoms with Gasteiger partial charge in [-0.05, 0) is 50.1 Å². The first kappa shape index (κ1) is 17.8. The third-order valence-corrected chi connectivity index (χ3v) is 4.85. The molecule has 0 bridgehead atoms. The van der Waals surface area contributed by atoms with Crippen molar-refractivity contribution in [3.05, 3.63) is 65.0 Å². The first-order valence-electron chi connectivity index (χ1n) is 8.07. The lowest BCUT2D eigenvalue weighted by Gasteiger charge is -2.11. The largest absolute Gasteiger partial charge is 0.357 e. The second kappa shape index (κ2) is 7.45. The Bertz CT molecular complexity index is 1020. The molecular weight excluding hydrogens is 346 g/mol. The van der Waals surface area contributed by atoms with E-state index in [-0.39, 0.29) is 5.70 Å². The van der Waals surface area contributed by atoms with Crippen LogP contribution in [0.25, 0.3) is 10.2 Å². The summed E-state index contributed by atoms with van der Waals surface area (Å²) in [5.41, 5.74) is 11.8. The molecule has 0 aliphatic carbocycles. The van der Waals surface area contributed by atoms with E-state index in [2.05, 4.69) is 20.7 Å². The molecule has 0 saturated heterocycles. The van der Waals surface area contributed by atoms with Crippen LogP contribution >= 0.6 is 11.3 Å². The van der Waals surface area contributed by atoms with Crippen LogP contribution in [0, 0.1) is 19.4 Å². The topological polar surface area (TPSA) is 90.2 Å². The standard InChI is InChI=1S/C19H19N5OS/c1-11-8-9-15-16(10-11)26-19(22-15)23-18(25)17(24-20)13(3)21-14-7-5-4-6-12(14)2/h4-10,20-21H,1-3H3,(H,22,23,25)/b17-13-,24-20?. The fourth-order valence-corrected chi connectivity index (χ4v) is 3.48. The van der Waals surface area contributed by atoms with E-state index in [1.165, 1.54) is 11.3 Å². The zero-order valence-electron chi connectivity index (χ0n) is 14.8. The number of aryl methyl sites for hydroxylation is 2. The summed E-state index contributed by atoms with van der Waals surface area (Å²) in [6.45, 7) is 5.70. The molecule has 0 spiro atoms. The molecule has 0 unspecified atom stereocenters. The van der Waals surface area contributed by atoms with Gasteiger partial charge in [0, 0.05) is 11.4 Å². The number of aromatic nitrogens is 1. The van der Waals surface area contributed by atoms with Gasteiger partial charge in [0.15, 0.2) is 10.8 Å². The Morgan fingerprint density at radius 1 is 1.15 bits per heavy atom. The van der Waals surface area contributed by atoms with Gasteiger partial charge in [0.2, 0.25) is 0 Å². The summed E-state index contributed by atoms with van der Waals surface area (Å²) in [5.74, 6) is -0.464. The minimum Gasteiger partial charge on any atom is -0.357 e. The molecular formula is C19H19N5OS. The van der Waals surface area contributed by atoms with Crippen molar-refractivity contribution in [1.29, 1.82) is 5.53 Å². The number of carbonyl (C=O) groups is 1. The van der Waals surface area contributed by atoms with Gasteiger partial charge in [-0.15, -0.1) is 0 Å². The molecule has 2 aromatic carbocycles. The molecule has 1 amide bonds. The van der Waals surface area contributed by atoms with Gasteiger partial charge >= 0.3 is 0 Å². The SMILES string of the molecule is C/C(Nc1ccccc1C)=C(/N=N)C(=O)Nc1nc2ccc(C)cc2s1. The van der Waals surface area contributed by atoms with E-state index in [1.807, 2.05) is 56.3 Å². The number of hydrogen-bond acceptors (Lipinski definition) is 6. The summed E-state index contributed by atoms with van der Waals surface area (Å²) in [5, 5.41) is 9.79. The van der Waals surface area contributed by atoms with Gasteiger partial charge in [-0.25, -0.2) is 10.5 Å². The molecule has 6 nitrogen and oxygen atoms in total. The minimum absolute atomic E-state index is 0.0173. The Balaban J connectivity index is 1.83. The summed E-state index contributed by atoms with van der Waals surface area (Å²) in [6.07, 6.45) is 0. The molecule has 0 atom stereocenters. The lowest BCUT2D eigenvalue weighted by atomic mass is 10.2. The number of nitrogens with zero attached hydrogens (tertiary/aromatic N) is 2. The zero-order chi connectivity index (χ0) is 18.7. The highest BCUT2D eigenvalue weighted by atomic mass is 32.1. The van der Waals surface area contributed by atoms with Crippen molar-refractivity contribution in [2.24, 2.45) is 5.11 Å². The first-order chi connectivity index (χ1) is 12.5. The van der Waals surface area contributed by atoms with Crippen LogP contribution in [-0.4, -0.2) is 10.9 Å². The third-order valence-electron chi connectivity index (χ3n) is 3.91. The van der Waals surface area contributed by atoms with Gasteiger partial charge in [0.25, 0.3) is 5.91 Å². The van der Waals surface area contributed by atoms with Gasteiger partial charge in [0.05, 0.1) is 10.2 Å². The summed E-state index contributed by atoms with van der Waals surface area (Å²) >= 11 is 1.40. The van der Waals surface area contributed by atoms with Crippen molar-refractivity contribution in [2.45, 2.75) is 20.8 Å². The average Bonchev–Trinajstić information content (AvgIpc) is 2.98. The number of carbonyl (C=O) groups excluding carboxylic acids is 1. The molecule has 1 heterocycles. The molecule has 0 saturated carbocycles. The number of fused-ring (bicyclic) bond motifs is 1. The summed E-state index contributed by atoms with van der Waals surface area (Å²) in [7, 11) is 0. The minimum atomic E-state index is -0.464. The highest BCUT2D eigenvalue weighted by molar-refractivity contribution is 7.22. The maximum Gasteiger partial charge on any atom is 0.279 e. The summed E-state index contributed by atoms with van der Waals surface area (Å²) in [4.78, 5) is 17.0. The quantitative estimate of drug-likeness (QED) is 0.427. The third kappa shape index (κ3) is 3.78. The van der Waals surface area contributed by atoms with Crippen LogP contribution in [0.4, 0.5) is 10.8 Å². The molecule has 3 rings (SSSR count). The van der Waals surface area contributed by atoms with Crippen molar-refractivity contribution < 1.29 is 4.79 Å². The van der Waals surface area contributed by atoms with E-state index < -0.39 is 5.91 Å². The van der Waals surface area contributed by atoms with Crippen LogP contribution in [0.2, 0.25) is 0 Å². The van der Waals surface area contributed by atoms with E-state index >= 15 is 0 Å². The Kier molecular flexibility index (Phi) is 5.09.